The summed E-state index contributed by atoms with van der Waals surface area (Å²) in [4.78, 5) is 13.9. The highest BCUT2D eigenvalue weighted by atomic mass is 19.1. The number of alkyl halides is 1. The van der Waals surface area contributed by atoms with E-state index in [0.29, 0.717) is 13.0 Å². The third-order valence-electron chi connectivity index (χ3n) is 4.01. The maximum Gasteiger partial charge on any atom is 0.407 e. The molecule has 1 aromatic carbocycles. The van der Waals surface area contributed by atoms with Crippen LogP contribution in [0.4, 0.5) is 9.18 Å². The van der Waals surface area contributed by atoms with Crippen LogP contribution in [0, 0.1) is 0 Å². The monoisotopic (exact) mass is 308 g/mol. The van der Waals surface area contributed by atoms with Crippen LogP contribution in [0.2, 0.25) is 0 Å². The minimum atomic E-state index is -1.07. The van der Waals surface area contributed by atoms with Gasteiger partial charge in [0.1, 0.15) is 12.8 Å². The molecular weight excluding hydrogens is 283 g/mol. The van der Waals surface area contributed by atoms with Crippen molar-refractivity contribution in [2.45, 2.75) is 51.6 Å². The molecule has 0 spiro atoms. The Hall–Kier alpha value is -1.62. The largest absolute Gasteiger partial charge is 0.445 e. The Labute approximate surface area is 131 Å². The molecule has 0 radical (unpaired) electrons. The lowest BCUT2D eigenvalue weighted by atomic mass is 9.97. The number of carbonyl (C=O) groups excluding carboxylic acids is 1. The Morgan fingerprint density at radius 2 is 2.05 bits per heavy atom. The van der Waals surface area contributed by atoms with Gasteiger partial charge in [-0.25, -0.2) is 9.18 Å². The predicted molar refractivity (Wildman–Crippen MR) is 84.4 cm³/mol. The van der Waals surface area contributed by atoms with Crippen LogP contribution < -0.4 is 5.32 Å². The summed E-state index contributed by atoms with van der Waals surface area (Å²) in [5.74, 6) is 0. The predicted octanol–water partition coefficient (Wildman–Crippen LogP) is 3.12. The minimum absolute atomic E-state index is 0.0525. The van der Waals surface area contributed by atoms with Crippen LogP contribution in [-0.2, 0) is 11.3 Å². The Morgan fingerprint density at radius 3 is 2.64 bits per heavy atom. The number of rotatable bonds is 3. The number of piperidine rings is 1. The van der Waals surface area contributed by atoms with E-state index in [1.165, 1.54) is 0 Å². The SMILES string of the molecule is CC(C)(C)N1CC[C@@H](NC(=O)OCc2ccccc2)[C@@H](F)C1. The fraction of sp³-hybridized carbons (Fsp3) is 0.588. The summed E-state index contributed by atoms with van der Waals surface area (Å²) in [7, 11) is 0. The second-order valence-electron chi connectivity index (χ2n) is 6.73. The van der Waals surface area contributed by atoms with Crippen molar-refractivity contribution in [3.63, 3.8) is 0 Å². The second kappa shape index (κ2) is 7.09. The number of hydrogen-bond donors (Lipinski definition) is 1. The van der Waals surface area contributed by atoms with Crippen molar-refractivity contribution < 1.29 is 13.9 Å². The van der Waals surface area contributed by atoms with Crippen LogP contribution in [0.15, 0.2) is 30.3 Å². The van der Waals surface area contributed by atoms with Crippen LogP contribution in [0.5, 0.6) is 0 Å². The quantitative estimate of drug-likeness (QED) is 0.933. The molecule has 1 aliphatic heterocycles. The lowest BCUT2D eigenvalue weighted by molar-refractivity contribution is 0.0393. The first-order valence-corrected chi connectivity index (χ1v) is 7.72. The van der Waals surface area contributed by atoms with Crippen molar-refractivity contribution >= 4 is 6.09 Å². The molecule has 1 N–H and O–H groups in total. The van der Waals surface area contributed by atoms with E-state index in [1.807, 2.05) is 30.3 Å². The molecule has 5 heteroatoms. The van der Waals surface area contributed by atoms with E-state index in [2.05, 4.69) is 31.0 Å². The molecule has 122 valence electrons. The number of alkyl carbamates (subject to hydrolysis) is 1. The van der Waals surface area contributed by atoms with Crippen LogP contribution in [0.25, 0.3) is 0 Å². The molecule has 0 saturated carbocycles. The molecule has 1 saturated heterocycles. The molecule has 22 heavy (non-hydrogen) atoms. The van der Waals surface area contributed by atoms with Crippen molar-refractivity contribution in [3.8, 4) is 0 Å². The summed E-state index contributed by atoms with van der Waals surface area (Å²) in [6, 6.07) is 8.97. The number of nitrogens with zero attached hydrogens (tertiary/aromatic N) is 1. The first kappa shape index (κ1) is 16.7. The van der Waals surface area contributed by atoms with E-state index in [0.717, 1.165) is 12.1 Å². The van der Waals surface area contributed by atoms with Gasteiger partial charge in [0.05, 0.1) is 6.04 Å². The van der Waals surface area contributed by atoms with Gasteiger partial charge in [-0.1, -0.05) is 30.3 Å². The highest BCUT2D eigenvalue weighted by Gasteiger charge is 2.34. The summed E-state index contributed by atoms with van der Waals surface area (Å²) in [5.41, 5.74) is 0.861. The summed E-state index contributed by atoms with van der Waals surface area (Å²) in [6.45, 7) is 7.52. The van der Waals surface area contributed by atoms with Gasteiger partial charge in [0.25, 0.3) is 0 Å². The number of ether oxygens (including phenoxy) is 1. The molecule has 0 unspecified atom stereocenters. The van der Waals surface area contributed by atoms with Gasteiger partial charge in [0.2, 0.25) is 0 Å². The van der Waals surface area contributed by atoms with E-state index in [9.17, 15) is 9.18 Å². The zero-order valence-electron chi connectivity index (χ0n) is 13.5. The van der Waals surface area contributed by atoms with Crippen LogP contribution in [0.1, 0.15) is 32.8 Å². The van der Waals surface area contributed by atoms with Crippen LogP contribution in [0.3, 0.4) is 0 Å². The third kappa shape index (κ3) is 4.70. The van der Waals surface area contributed by atoms with Gasteiger partial charge >= 0.3 is 6.09 Å². The fourth-order valence-electron chi connectivity index (χ4n) is 2.59. The Balaban J connectivity index is 1.78. The number of nitrogens with one attached hydrogen (secondary N) is 1. The number of hydrogen-bond acceptors (Lipinski definition) is 3. The van der Waals surface area contributed by atoms with Gasteiger partial charge in [-0.05, 0) is 32.8 Å². The molecule has 0 bridgehead atoms. The first-order valence-electron chi connectivity index (χ1n) is 7.72. The summed E-state index contributed by atoms with van der Waals surface area (Å²) in [6.07, 6.45) is -1.03. The van der Waals surface area contributed by atoms with Crippen molar-refractivity contribution in [2.75, 3.05) is 13.1 Å². The number of benzene rings is 1. The first-order chi connectivity index (χ1) is 10.4. The maximum absolute atomic E-state index is 14.2. The average molecular weight is 308 g/mol. The average Bonchev–Trinajstić information content (AvgIpc) is 2.47. The van der Waals surface area contributed by atoms with Crippen molar-refractivity contribution in [2.24, 2.45) is 0 Å². The van der Waals surface area contributed by atoms with Gasteiger partial charge < -0.3 is 10.1 Å². The highest BCUT2D eigenvalue weighted by Crippen LogP contribution is 2.22. The molecule has 1 amide bonds. The minimum Gasteiger partial charge on any atom is -0.445 e. The van der Waals surface area contributed by atoms with E-state index < -0.39 is 18.3 Å². The van der Waals surface area contributed by atoms with Gasteiger partial charge in [0.15, 0.2) is 0 Å². The van der Waals surface area contributed by atoms with Crippen molar-refractivity contribution in [1.82, 2.24) is 10.2 Å². The molecule has 1 aromatic rings. The zero-order valence-corrected chi connectivity index (χ0v) is 13.5. The molecule has 2 rings (SSSR count). The van der Waals surface area contributed by atoms with Crippen molar-refractivity contribution in [1.29, 1.82) is 0 Å². The number of amides is 1. The van der Waals surface area contributed by atoms with Crippen LogP contribution >= 0.6 is 0 Å². The second-order valence-corrected chi connectivity index (χ2v) is 6.73. The topological polar surface area (TPSA) is 41.6 Å². The van der Waals surface area contributed by atoms with Crippen LogP contribution in [-0.4, -0.2) is 41.8 Å². The molecule has 0 aliphatic carbocycles. The van der Waals surface area contributed by atoms with Gasteiger partial charge in [-0.3, -0.25) is 4.90 Å². The standard InChI is InChI=1S/C17H25FN2O2/c1-17(2,3)20-10-9-15(14(18)11-20)19-16(21)22-12-13-7-5-4-6-8-13/h4-8,14-15H,9-12H2,1-3H3,(H,19,21)/t14-,15+/m0/s1. The lowest BCUT2D eigenvalue weighted by Gasteiger charge is -2.42. The van der Waals surface area contributed by atoms with E-state index in [-0.39, 0.29) is 12.1 Å². The molecule has 1 fully saturated rings. The van der Waals surface area contributed by atoms with Gasteiger partial charge in [0, 0.05) is 18.6 Å². The Kier molecular flexibility index (Phi) is 5.40. The smallest absolute Gasteiger partial charge is 0.407 e. The van der Waals surface area contributed by atoms with Crippen molar-refractivity contribution in [3.05, 3.63) is 35.9 Å². The molecule has 1 aliphatic rings. The molecule has 1 heterocycles. The Morgan fingerprint density at radius 1 is 1.36 bits per heavy atom. The van der Waals surface area contributed by atoms with Gasteiger partial charge in [-0.15, -0.1) is 0 Å². The third-order valence-corrected chi connectivity index (χ3v) is 4.01. The number of likely N-dealkylation sites (tertiary alicyclic amines) is 1. The summed E-state index contributed by atoms with van der Waals surface area (Å²) >= 11 is 0. The van der Waals surface area contributed by atoms with E-state index >= 15 is 0 Å². The fourth-order valence-corrected chi connectivity index (χ4v) is 2.59. The highest BCUT2D eigenvalue weighted by molar-refractivity contribution is 5.67. The Bertz CT molecular complexity index is 487. The molecule has 0 aromatic heterocycles. The number of halogens is 1. The van der Waals surface area contributed by atoms with Gasteiger partial charge in [-0.2, -0.15) is 0 Å². The number of carbonyl (C=O) groups is 1. The summed E-state index contributed by atoms with van der Waals surface area (Å²) < 4.78 is 19.4. The normalized spacial score (nSPS) is 23.1. The maximum atomic E-state index is 14.2. The molecule has 2 atom stereocenters. The van der Waals surface area contributed by atoms with E-state index in [4.69, 9.17) is 4.74 Å². The van der Waals surface area contributed by atoms with E-state index in [1.54, 1.807) is 0 Å². The molecular formula is C17H25FN2O2. The summed E-state index contributed by atoms with van der Waals surface area (Å²) in [5, 5.41) is 2.65. The lowest BCUT2D eigenvalue weighted by Crippen LogP contribution is -2.56. The molecule has 4 nitrogen and oxygen atoms in total. The zero-order chi connectivity index (χ0) is 16.2.